The molecule has 5 aliphatic carbocycles. The van der Waals surface area contributed by atoms with Gasteiger partial charge >= 0.3 is 0 Å². The van der Waals surface area contributed by atoms with Crippen molar-refractivity contribution < 1.29 is 9.47 Å². The van der Waals surface area contributed by atoms with E-state index in [2.05, 4.69) is 278 Å². The summed E-state index contributed by atoms with van der Waals surface area (Å²) in [7, 11) is 0. The van der Waals surface area contributed by atoms with Gasteiger partial charge in [0.15, 0.2) is 0 Å². The molecular weight excluding hydrogens is 1090 g/mol. The molecule has 0 unspecified atom stereocenters. The van der Waals surface area contributed by atoms with E-state index in [1.54, 1.807) is 0 Å². The maximum Gasteiger partial charge on any atom is 0.132 e. The van der Waals surface area contributed by atoms with E-state index in [0.29, 0.717) is 11.8 Å². The van der Waals surface area contributed by atoms with Gasteiger partial charge in [0.1, 0.15) is 23.0 Å². The highest BCUT2D eigenvalue weighted by atomic mass is 16.5. The number of hydrogen-bond donors (Lipinski definition) is 0. The quantitative estimate of drug-likeness (QED) is 0.159. The van der Waals surface area contributed by atoms with Crippen LogP contribution >= 0.6 is 0 Å². The summed E-state index contributed by atoms with van der Waals surface area (Å²) in [6, 6.07) is 104. The molecule has 432 valence electrons. The topological polar surface area (TPSA) is 21.7 Å². The first-order valence-corrected chi connectivity index (χ1v) is 33.1. The summed E-state index contributed by atoms with van der Waals surface area (Å²) in [5.41, 5.74) is 26.7. The van der Waals surface area contributed by atoms with E-state index in [4.69, 9.17) is 9.47 Å². The Labute approximate surface area is 527 Å². The average Bonchev–Trinajstić information content (AvgIpc) is 1.47. The standard InChI is InChI=1S/C87H67NO2/c1-5-23-56(24-6-1)58-41-48-82-78(51-58)87(79-52-59(42-49-83(79)90-82)57-25-7-2-8-26-57)74-38-20-16-34-68(74)70-47-44-63(54-77(70)87)88(62-43-46-69-67-33-13-17-35-71(67)85(76(69)53-62,60-27-9-3-10-28-60)61-29-11-4-12-30-61)64-45-50-84-80(55-64)86(75-39-21-22-40-81(75)89-84)72-36-18-14-31-65(72)66-32-15-19-37-73(66)86/h3-4,9-22,27-57H,1-2,5-8,23-26H2. The van der Waals surface area contributed by atoms with Crippen molar-refractivity contribution >= 4 is 17.1 Å². The fraction of sp³-hybridized carbons (Fsp3) is 0.172. The molecule has 12 aromatic carbocycles. The number of nitrogens with zero attached hydrogens (tertiary/aromatic N) is 1. The Bertz CT molecular complexity index is 4740. The van der Waals surface area contributed by atoms with Crippen LogP contribution in [-0.2, 0) is 16.2 Å². The summed E-state index contributed by atoms with van der Waals surface area (Å²) in [5, 5.41) is 0. The van der Waals surface area contributed by atoms with Crippen molar-refractivity contribution in [2.24, 2.45) is 0 Å². The maximum atomic E-state index is 7.31. The van der Waals surface area contributed by atoms with E-state index in [9.17, 15) is 0 Å². The molecule has 3 nitrogen and oxygen atoms in total. The zero-order chi connectivity index (χ0) is 59.1. The van der Waals surface area contributed by atoms with Crippen molar-refractivity contribution in [2.75, 3.05) is 4.90 Å². The van der Waals surface area contributed by atoms with E-state index in [-0.39, 0.29) is 0 Å². The molecule has 0 N–H and O–H groups in total. The Morgan fingerprint density at radius 1 is 0.244 bits per heavy atom. The zero-order valence-corrected chi connectivity index (χ0v) is 50.5. The molecule has 2 aliphatic heterocycles. The molecular formula is C87H67NO2. The molecule has 2 spiro atoms. The highest BCUT2D eigenvalue weighted by Gasteiger charge is 2.54. The molecule has 2 saturated carbocycles. The first-order chi connectivity index (χ1) is 44.6. The van der Waals surface area contributed by atoms with Crippen LogP contribution in [0.2, 0.25) is 0 Å². The minimum absolute atomic E-state index is 0.515. The average molecular weight is 1160 g/mol. The van der Waals surface area contributed by atoms with Crippen LogP contribution in [-0.4, -0.2) is 0 Å². The Kier molecular flexibility index (Phi) is 11.6. The molecule has 19 rings (SSSR count). The lowest BCUT2D eigenvalue weighted by Crippen LogP contribution is -2.33. The van der Waals surface area contributed by atoms with Gasteiger partial charge in [0.05, 0.1) is 16.2 Å². The molecule has 0 saturated heterocycles. The Hall–Kier alpha value is -9.96. The SMILES string of the molecule is c1ccc(C2(c3ccccc3)c3ccccc3-c3ccc(N(c4ccc5c(c4)C4(c6ccccc6O5)c5ccccc5-c5ccccc54)c4ccc5c(c4)C4(c6cc(C7CCCCC7)ccc6Oc6ccc(C7CCCCC7)cc64)c4ccccc4-5)cc32)cc1. The third kappa shape index (κ3) is 7.18. The first kappa shape index (κ1) is 52.0. The van der Waals surface area contributed by atoms with Crippen LogP contribution in [0.15, 0.2) is 273 Å². The van der Waals surface area contributed by atoms with Crippen molar-refractivity contribution in [3.8, 4) is 56.4 Å². The second kappa shape index (κ2) is 20.0. The van der Waals surface area contributed by atoms with Gasteiger partial charge in [0.25, 0.3) is 0 Å². The van der Waals surface area contributed by atoms with Gasteiger partial charge in [-0.3, -0.25) is 0 Å². The van der Waals surface area contributed by atoms with Gasteiger partial charge in [0, 0.05) is 39.3 Å². The van der Waals surface area contributed by atoms with Crippen LogP contribution in [0.4, 0.5) is 17.1 Å². The molecule has 2 fully saturated rings. The Morgan fingerprint density at radius 3 is 1.03 bits per heavy atom. The lowest BCUT2D eigenvalue weighted by atomic mass is 9.64. The van der Waals surface area contributed by atoms with E-state index in [1.165, 1.54) is 164 Å². The lowest BCUT2D eigenvalue weighted by Gasteiger charge is -2.41. The monoisotopic (exact) mass is 1160 g/mol. The van der Waals surface area contributed by atoms with Gasteiger partial charge in [-0.1, -0.05) is 251 Å². The van der Waals surface area contributed by atoms with Crippen molar-refractivity contribution in [3.05, 3.63) is 351 Å². The smallest absolute Gasteiger partial charge is 0.132 e. The minimum Gasteiger partial charge on any atom is -0.457 e. The summed E-state index contributed by atoms with van der Waals surface area (Å²) < 4.78 is 14.5. The molecule has 12 aromatic rings. The predicted molar refractivity (Wildman–Crippen MR) is 365 cm³/mol. The van der Waals surface area contributed by atoms with Gasteiger partial charge in [-0.25, -0.2) is 0 Å². The van der Waals surface area contributed by atoms with E-state index >= 15 is 0 Å². The van der Waals surface area contributed by atoms with Gasteiger partial charge in [-0.15, -0.1) is 0 Å². The number of benzene rings is 12. The van der Waals surface area contributed by atoms with Crippen LogP contribution < -0.4 is 14.4 Å². The molecule has 2 heterocycles. The minimum atomic E-state index is -0.685. The highest BCUT2D eigenvalue weighted by molar-refractivity contribution is 5.95. The van der Waals surface area contributed by atoms with Crippen molar-refractivity contribution in [3.63, 3.8) is 0 Å². The van der Waals surface area contributed by atoms with Crippen LogP contribution in [0.25, 0.3) is 33.4 Å². The summed E-state index contributed by atoms with van der Waals surface area (Å²) in [6.45, 7) is 0. The number of fused-ring (bicyclic) bond motifs is 21. The van der Waals surface area contributed by atoms with Gasteiger partial charge < -0.3 is 14.4 Å². The summed E-state index contributed by atoms with van der Waals surface area (Å²) >= 11 is 0. The molecule has 0 bridgehead atoms. The third-order valence-electron chi connectivity index (χ3n) is 22.3. The van der Waals surface area contributed by atoms with Gasteiger partial charge in [0.2, 0.25) is 0 Å². The molecule has 3 heteroatoms. The summed E-state index contributed by atoms with van der Waals surface area (Å²) in [6.07, 6.45) is 12.6. The number of anilines is 3. The normalized spacial score (nSPS) is 17.0. The van der Waals surface area contributed by atoms with Crippen molar-refractivity contribution in [1.82, 2.24) is 0 Å². The molecule has 90 heavy (non-hydrogen) atoms. The van der Waals surface area contributed by atoms with Crippen molar-refractivity contribution in [1.29, 1.82) is 0 Å². The number of rotatable bonds is 7. The van der Waals surface area contributed by atoms with Crippen LogP contribution in [0.1, 0.15) is 154 Å². The molecule has 7 aliphatic rings. The maximum absolute atomic E-state index is 7.31. The second-order valence-electron chi connectivity index (χ2n) is 26.5. The molecule has 0 radical (unpaired) electrons. The highest BCUT2D eigenvalue weighted by Crippen LogP contribution is 2.66. The number of ether oxygens (including phenoxy) is 2. The van der Waals surface area contributed by atoms with Crippen molar-refractivity contribution in [2.45, 2.75) is 92.3 Å². The second-order valence-corrected chi connectivity index (χ2v) is 26.5. The predicted octanol–water partition coefficient (Wildman–Crippen LogP) is 22.6. The van der Waals surface area contributed by atoms with E-state index < -0.39 is 16.2 Å². The lowest BCUT2D eigenvalue weighted by molar-refractivity contribution is 0.424. The summed E-state index contributed by atoms with van der Waals surface area (Å²) in [5.74, 6) is 4.68. The Balaban J connectivity index is 0.903. The summed E-state index contributed by atoms with van der Waals surface area (Å²) in [4.78, 5) is 2.58. The largest absolute Gasteiger partial charge is 0.457 e. The molecule has 0 atom stereocenters. The first-order valence-electron chi connectivity index (χ1n) is 33.1. The molecule has 0 aromatic heterocycles. The Morgan fingerprint density at radius 2 is 0.567 bits per heavy atom. The van der Waals surface area contributed by atoms with Gasteiger partial charge in [-0.2, -0.15) is 0 Å². The number of hydrogen-bond acceptors (Lipinski definition) is 3. The van der Waals surface area contributed by atoms with Crippen LogP contribution in [0.3, 0.4) is 0 Å². The van der Waals surface area contributed by atoms with E-state index in [0.717, 1.165) is 51.2 Å². The zero-order valence-electron chi connectivity index (χ0n) is 50.5. The van der Waals surface area contributed by atoms with Crippen LogP contribution in [0.5, 0.6) is 23.0 Å². The van der Waals surface area contributed by atoms with E-state index in [1.807, 2.05) is 0 Å². The number of para-hydroxylation sites is 1. The molecule has 0 amide bonds. The third-order valence-corrected chi connectivity index (χ3v) is 22.3. The van der Waals surface area contributed by atoms with Gasteiger partial charge in [-0.05, 0) is 187 Å². The fourth-order valence-electron chi connectivity index (χ4n) is 18.5. The van der Waals surface area contributed by atoms with Crippen LogP contribution in [0, 0.1) is 0 Å². The fourth-order valence-corrected chi connectivity index (χ4v) is 18.5.